The van der Waals surface area contributed by atoms with Gasteiger partial charge in [0.2, 0.25) is 0 Å². The molecule has 2 N–H and O–H groups in total. The Morgan fingerprint density at radius 1 is 1.24 bits per heavy atom. The first kappa shape index (κ1) is 19.2. The molecule has 0 spiro atoms. The van der Waals surface area contributed by atoms with E-state index < -0.39 is 17.7 Å². The smallest absolute Gasteiger partial charge is 0.407 e. The second-order valence-corrected chi connectivity index (χ2v) is 7.23. The van der Waals surface area contributed by atoms with Crippen LogP contribution in [0, 0.1) is 11.8 Å². The van der Waals surface area contributed by atoms with Gasteiger partial charge < -0.3 is 19.9 Å². The van der Waals surface area contributed by atoms with Crippen LogP contribution in [0.15, 0.2) is 30.3 Å². The molecule has 1 aliphatic carbocycles. The summed E-state index contributed by atoms with van der Waals surface area (Å²) < 4.78 is 10.4. The molecule has 25 heavy (non-hydrogen) atoms. The lowest BCUT2D eigenvalue weighted by molar-refractivity contribution is -0.145. The highest BCUT2D eigenvalue weighted by Crippen LogP contribution is 2.56. The minimum Gasteiger partial charge on any atom is -0.466 e. The number of ether oxygens (including phenoxy) is 2. The maximum atomic E-state index is 12.3. The van der Waals surface area contributed by atoms with E-state index in [0.717, 1.165) is 5.56 Å². The first-order chi connectivity index (χ1) is 11.8. The van der Waals surface area contributed by atoms with Gasteiger partial charge in [0.25, 0.3) is 0 Å². The van der Waals surface area contributed by atoms with E-state index in [4.69, 9.17) is 9.47 Å². The van der Waals surface area contributed by atoms with Crippen molar-refractivity contribution in [2.24, 2.45) is 11.8 Å². The van der Waals surface area contributed by atoms with Crippen LogP contribution in [0.3, 0.4) is 0 Å². The Morgan fingerprint density at radius 3 is 2.40 bits per heavy atom. The number of aliphatic hydroxyl groups excluding tert-OH is 1. The summed E-state index contributed by atoms with van der Waals surface area (Å²) in [5.41, 5.74) is 0.363. The van der Waals surface area contributed by atoms with Gasteiger partial charge in [-0.2, -0.15) is 0 Å². The predicted octanol–water partition coefficient (Wildman–Crippen LogP) is 2.46. The molecule has 1 amide bonds. The van der Waals surface area contributed by atoms with E-state index in [2.05, 4.69) is 5.32 Å². The molecule has 0 bridgehead atoms. The summed E-state index contributed by atoms with van der Waals surface area (Å²) in [6.45, 7) is 7.09. The number of carbonyl (C=O) groups is 2. The van der Waals surface area contributed by atoms with Crippen LogP contribution in [0.5, 0.6) is 0 Å². The molecule has 138 valence electrons. The molecule has 1 aromatic rings. The van der Waals surface area contributed by atoms with Crippen molar-refractivity contribution in [1.82, 2.24) is 5.32 Å². The molecule has 0 radical (unpaired) electrons. The van der Waals surface area contributed by atoms with E-state index >= 15 is 0 Å². The summed E-state index contributed by atoms with van der Waals surface area (Å²) in [5.74, 6) is -0.994. The highest BCUT2D eigenvalue weighted by molar-refractivity contribution is 5.79. The standard InChI is InChI=1S/C19H27NO5/c1-5-24-17(22)16-14(12-9-7-6-8-10-12)15(16)13(11-21)20-18(23)25-19(2,3)4/h6-10,13-16,21H,5,11H2,1-4H3,(H,20,23)/t13-,14-,15-,16+/m0/s1. The molecule has 0 heterocycles. The van der Waals surface area contributed by atoms with Crippen LogP contribution in [0.2, 0.25) is 0 Å². The van der Waals surface area contributed by atoms with E-state index in [1.165, 1.54) is 0 Å². The zero-order valence-electron chi connectivity index (χ0n) is 15.2. The highest BCUT2D eigenvalue weighted by atomic mass is 16.6. The fraction of sp³-hybridized carbons (Fsp3) is 0.579. The van der Waals surface area contributed by atoms with Gasteiger partial charge in [-0.1, -0.05) is 30.3 Å². The third kappa shape index (κ3) is 4.95. The van der Waals surface area contributed by atoms with Crippen molar-refractivity contribution in [3.8, 4) is 0 Å². The van der Waals surface area contributed by atoms with Gasteiger partial charge in [0.05, 0.1) is 25.2 Å². The molecular formula is C19H27NO5. The number of amides is 1. The van der Waals surface area contributed by atoms with Crippen molar-refractivity contribution in [2.45, 2.75) is 45.3 Å². The number of hydrogen-bond donors (Lipinski definition) is 2. The molecule has 4 atom stereocenters. The Labute approximate surface area is 148 Å². The number of esters is 1. The Balaban J connectivity index is 2.14. The second-order valence-electron chi connectivity index (χ2n) is 7.23. The number of carbonyl (C=O) groups excluding carboxylic acids is 2. The van der Waals surface area contributed by atoms with Gasteiger partial charge in [-0.3, -0.25) is 4.79 Å². The topological polar surface area (TPSA) is 84.9 Å². The minimum absolute atomic E-state index is 0.0904. The molecule has 0 saturated heterocycles. The van der Waals surface area contributed by atoms with Crippen molar-refractivity contribution >= 4 is 12.1 Å². The van der Waals surface area contributed by atoms with Crippen molar-refractivity contribution in [2.75, 3.05) is 13.2 Å². The number of nitrogens with one attached hydrogen (secondary N) is 1. The molecule has 1 fully saturated rings. The minimum atomic E-state index is -0.632. The van der Waals surface area contributed by atoms with Crippen LogP contribution in [0.1, 0.15) is 39.2 Å². The normalized spacial score (nSPS) is 23.5. The summed E-state index contributed by atoms with van der Waals surface area (Å²) in [5, 5.41) is 12.4. The SMILES string of the molecule is CCOC(=O)[C@@H]1[C@@H](c2ccccc2)[C@@H]1[C@H](CO)NC(=O)OC(C)(C)C. The van der Waals surface area contributed by atoms with Crippen LogP contribution < -0.4 is 5.32 Å². The van der Waals surface area contributed by atoms with E-state index in [1.807, 2.05) is 30.3 Å². The fourth-order valence-corrected chi connectivity index (χ4v) is 3.20. The van der Waals surface area contributed by atoms with Crippen molar-refractivity contribution < 1.29 is 24.2 Å². The molecule has 0 aliphatic heterocycles. The van der Waals surface area contributed by atoms with Gasteiger partial charge in [0.15, 0.2) is 0 Å². The molecule has 6 nitrogen and oxygen atoms in total. The molecule has 6 heteroatoms. The van der Waals surface area contributed by atoms with Gasteiger partial charge in [0, 0.05) is 11.8 Å². The summed E-state index contributed by atoms with van der Waals surface area (Å²) in [7, 11) is 0. The molecule has 1 aliphatic rings. The Kier molecular flexibility index (Phi) is 6.06. The molecule has 0 aromatic heterocycles. The first-order valence-corrected chi connectivity index (χ1v) is 8.60. The maximum absolute atomic E-state index is 12.3. The second kappa shape index (κ2) is 7.87. The summed E-state index contributed by atoms with van der Waals surface area (Å²) in [6, 6.07) is 9.03. The molecule has 1 aromatic carbocycles. The predicted molar refractivity (Wildman–Crippen MR) is 93.0 cm³/mol. The summed E-state index contributed by atoms with van der Waals surface area (Å²) in [6.07, 6.45) is -0.604. The van der Waals surface area contributed by atoms with Crippen molar-refractivity contribution in [3.63, 3.8) is 0 Å². The molecule has 2 rings (SSSR count). The lowest BCUT2D eigenvalue weighted by Crippen LogP contribution is -2.43. The van der Waals surface area contributed by atoms with Crippen LogP contribution >= 0.6 is 0 Å². The number of rotatable bonds is 6. The van der Waals surface area contributed by atoms with E-state index in [1.54, 1.807) is 27.7 Å². The van der Waals surface area contributed by atoms with E-state index in [0.29, 0.717) is 6.61 Å². The number of benzene rings is 1. The van der Waals surface area contributed by atoms with Crippen LogP contribution in [0.4, 0.5) is 4.79 Å². The van der Waals surface area contributed by atoms with Gasteiger partial charge in [-0.25, -0.2) is 4.79 Å². The van der Waals surface area contributed by atoms with Gasteiger partial charge in [0.1, 0.15) is 5.60 Å². The number of alkyl carbamates (subject to hydrolysis) is 1. The fourth-order valence-electron chi connectivity index (χ4n) is 3.20. The number of hydrogen-bond acceptors (Lipinski definition) is 5. The molecule has 1 saturated carbocycles. The Bertz CT molecular complexity index is 596. The average Bonchev–Trinajstić information content (AvgIpc) is 3.27. The zero-order chi connectivity index (χ0) is 18.6. The third-order valence-corrected chi connectivity index (χ3v) is 4.18. The Morgan fingerprint density at radius 2 is 1.88 bits per heavy atom. The van der Waals surface area contributed by atoms with Gasteiger partial charge in [-0.15, -0.1) is 0 Å². The van der Waals surface area contributed by atoms with E-state index in [-0.39, 0.29) is 30.3 Å². The van der Waals surface area contributed by atoms with Crippen LogP contribution in [0.25, 0.3) is 0 Å². The highest BCUT2D eigenvalue weighted by Gasteiger charge is 2.59. The van der Waals surface area contributed by atoms with Gasteiger partial charge >= 0.3 is 12.1 Å². The monoisotopic (exact) mass is 349 g/mol. The van der Waals surface area contributed by atoms with Crippen molar-refractivity contribution in [3.05, 3.63) is 35.9 Å². The van der Waals surface area contributed by atoms with E-state index in [9.17, 15) is 14.7 Å². The third-order valence-electron chi connectivity index (χ3n) is 4.18. The molecular weight excluding hydrogens is 322 g/mol. The lowest BCUT2D eigenvalue weighted by atomic mass is 10.1. The zero-order valence-corrected chi connectivity index (χ0v) is 15.2. The van der Waals surface area contributed by atoms with Gasteiger partial charge in [-0.05, 0) is 33.3 Å². The van der Waals surface area contributed by atoms with Crippen LogP contribution in [-0.2, 0) is 14.3 Å². The lowest BCUT2D eigenvalue weighted by Gasteiger charge is -2.23. The first-order valence-electron chi connectivity index (χ1n) is 8.60. The maximum Gasteiger partial charge on any atom is 0.407 e. The molecule has 0 unspecified atom stereocenters. The quantitative estimate of drug-likeness (QED) is 0.771. The van der Waals surface area contributed by atoms with Crippen molar-refractivity contribution in [1.29, 1.82) is 0 Å². The largest absolute Gasteiger partial charge is 0.466 e. The summed E-state index contributed by atoms with van der Waals surface area (Å²) >= 11 is 0. The number of aliphatic hydroxyl groups is 1. The Hall–Kier alpha value is -2.08. The average molecular weight is 349 g/mol. The van der Waals surface area contributed by atoms with Crippen LogP contribution in [-0.4, -0.2) is 42.0 Å². The summed E-state index contributed by atoms with van der Waals surface area (Å²) in [4.78, 5) is 24.3.